The number of pyridine rings is 1. The number of alkyl halides is 1. The standard InChI is InChI=1S/C25H26FN7O4/c1-3-36-22-7-5-18(12-28-22)31-25-30-14-29-23(32-25)16-4-6-20(17(10-16)11-27)37-21-8-9-33(13-19(21)26)24(35)15(2)34/h4-7,10,12,14-15,19,21,34H,3,8-9,13H2,1-2H3,(H,29,30,31,32)/t15-,19-,21-/m0/s1. The van der Waals surface area contributed by atoms with Crippen LogP contribution in [0.4, 0.5) is 16.0 Å². The highest BCUT2D eigenvalue weighted by Gasteiger charge is 2.34. The Bertz CT molecular complexity index is 1280. The minimum absolute atomic E-state index is 0.182. The number of amides is 1. The first-order chi connectivity index (χ1) is 17.9. The lowest BCUT2D eigenvalue weighted by atomic mass is 10.0. The first-order valence-electron chi connectivity index (χ1n) is 11.7. The lowest BCUT2D eigenvalue weighted by Crippen LogP contribution is -2.51. The molecule has 0 aliphatic carbocycles. The number of anilines is 2. The van der Waals surface area contributed by atoms with Crippen LogP contribution in [0.1, 0.15) is 25.8 Å². The van der Waals surface area contributed by atoms with E-state index in [1.54, 1.807) is 36.5 Å². The normalized spacial score (nSPS) is 18.0. The van der Waals surface area contributed by atoms with Gasteiger partial charge < -0.3 is 24.8 Å². The number of aliphatic hydroxyl groups excluding tert-OH is 1. The zero-order valence-electron chi connectivity index (χ0n) is 20.3. The highest BCUT2D eigenvalue weighted by molar-refractivity contribution is 5.80. The van der Waals surface area contributed by atoms with Gasteiger partial charge in [0.2, 0.25) is 11.8 Å². The molecule has 0 spiro atoms. The highest BCUT2D eigenvalue weighted by atomic mass is 19.1. The first kappa shape index (κ1) is 25.7. The lowest BCUT2D eigenvalue weighted by molar-refractivity contribution is -0.143. The number of benzene rings is 1. The van der Waals surface area contributed by atoms with Crippen molar-refractivity contribution in [3.05, 3.63) is 48.4 Å². The number of nitrogens with one attached hydrogen (secondary N) is 1. The number of rotatable bonds is 8. The number of aromatic nitrogens is 4. The Hall–Kier alpha value is -4.37. The Labute approximate surface area is 212 Å². The van der Waals surface area contributed by atoms with Crippen LogP contribution in [0.25, 0.3) is 11.4 Å². The van der Waals surface area contributed by atoms with Crippen LogP contribution in [0.5, 0.6) is 11.6 Å². The number of nitriles is 1. The predicted molar refractivity (Wildman–Crippen MR) is 131 cm³/mol. The van der Waals surface area contributed by atoms with Gasteiger partial charge >= 0.3 is 0 Å². The van der Waals surface area contributed by atoms with Crippen LogP contribution in [-0.2, 0) is 4.79 Å². The smallest absolute Gasteiger partial charge is 0.251 e. The van der Waals surface area contributed by atoms with Crippen molar-refractivity contribution in [3.63, 3.8) is 0 Å². The van der Waals surface area contributed by atoms with Crippen molar-refractivity contribution in [1.82, 2.24) is 24.8 Å². The van der Waals surface area contributed by atoms with Crippen molar-refractivity contribution in [2.24, 2.45) is 0 Å². The van der Waals surface area contributed by atoms with Crippen LogP contribution in [0.15, 0.2) is 42.9 Å². The van der Waals surface area contributed by atoms with Gasteiger partial charge in [-0.15, -0.1) is 0 Å². The Morgan fingerprint density at radius 2 is 2.16 bits per heavy atom. The van der Waals surface area contributed by atoms with Gasteiger partial charge in [0.05, 0.1) is 30.6 Å². The van der Waals surface area contributed by atoms with Gasteiger partial charge in [0.1, 0.15) is 30.4 Å². The molecule has 12 heteroatoms. The molecule has 1 fully saturated rings. The molecule has 1 amide bonds. The number of aliphatic hydroxyl groups is 1. The molecule has 11 nitrogen and oxygen atoms in total. The second-order valence-corrected chi connectivity index (χ2v) is 8.32. The van der Waals surface area contributed by atoms with Crippen molar-refractivity contribution in [2.45, 2.75) is 38.6 Å². The first-order valence-corrected chi connectivity index (χ1v) is 11.7. The fraction of sp³-hybridized carbons (Fsp3) is 0.360. The number of hydrogen-bond acceptors (Lipinski definition) is 10. The number of carbonyl (C=O) groups is 1. The van der Waals surface area contributed by atoms with Gasteiger partial charge in [-0.2, -0.15) is 10.2 Å². The van der Waals surface area contributed by atoms with Gasteiger partial charge in [0.25, 0.3) is 5.91 Å². The molecule has 1 aliphatic heterocycles. The fourth-order valence-corrected chi connectivity index (χ4v) is 3.81. The maximum Gasteiger partial charge on any atom is 0.251 e. The van der Waals surface area contributed by atoms with E-state index in [0.717, 1.165) is 0 Å². The summed E-state index contributed by atoms with van der Waals surface area (Å²) in [5.74, 6) is 0.824. The van der Waals surface area contributed by atoms with Gasteiger partial charge in [-0.1, -0.05) is 0 Å². The summed E-state index contributed by atoms with van der Waals surface area (Å²) in [6.07, 6.45) is -0.305. The monoisotopic (exact) mass is 507 g/mol. The summed E-state index contributed by atoms with van der Waals surface area (Å²) in [7, 11) is 0. The van der Waals surface area contributed by atoms with E-state index in [2.05, 4.69) is 31.3 Å². The summed E-state index contributed by atoms with van der Waals surface area (Å²) in [6, 6.07) is 10.4. The Kier molecular flexibility index (Phi) is 8.05. The zero-order valence-corrected chi connectivity index (χ0v) is 20.3. The Morgan fingerprint density at radius 3 is 2.84 bits per heavy atom. The third kappa shape index (κ3) is 6.25. The maximum atomic E-state index is 14.7. The van der Waals surface area contributed by atoms with Crippen LogP contribution in [0.3, 0.4) is 0 Å². The summed E-state index contributed by atoms with van der Waals surface area (Å²) in [5, 5.41) is 22.2. The minimum Gasteiger partial charge on any atom is -0.486 e. The van der Waals surface area contributed by atoms with E-state index in [1.807, 2.05) is 6.92 Å². The molecule has 2 aromatic heterocycles. The fourth-order valence-electron chi connectivity index (χ4n) is 3.81. The molecular formula is C25H26FN7O4. The molecular weight excluding hydrogens is 481 g/mol. The number of ether oxygens (including phenoxy) is 2. The van der Waals surface area contributed by atoms with Crippen molar-refractivity contribution in [3.8, 4) is 29.1 Å². The lowest BCUT2D eigenvalue weighted by Gasteiger charge is -2.35. The van der Waals surface area contributed by atoms with E-state index >= 15 is 0 Å². The summed E-state index contributed by atoms with van der Waals surface area (Å²) < 4.78 is 25.9. The summed E-state index contributed by atoms with van der Waals surface area (Å²) in [6.45, 7) is 3.81. The minimum atomic E-state index is -1.46. The second kappa shape index (κ2) is 11.6. The maximum absolute atomic E-state index is 14.7. The van der Waals surface area contributed by atoms with E-state index in [1.165, 1.54) is 18.2 Å². The zero-order chi connectivity index (χ0) is 26.4. The van der Waals surface area contributed by atoms with Crippen molar-refractivity contribution >= 4 is 17.5 Å². The van der Waals surface area contributed by atoms with E-state index in [-0.39, 0.29) is 36.8 Å². The van der Waals surface area contributed by atoms with E-state index in [4.69, 9.17) is 9.47 Å². The van der Waals surface area contributed by atoms with E-state index in [0.29, 0.717) is 29.6 Å². The van der Waals surface area contributed by atoms with Crippen molar-refractivity contribution < 1.29 is 23.8 Å². The molecule has 0 unspecified atom stereocenters. The molecule has 1 aromatic carbocycles. The molecule has 2 N–H and O–H groups in total. The van der Waals surface area contributed by atoms with Crippen LogP contribution in [-0.4, -0.2) is 73.9 Å². The molecule has 4 rings (SSSR count). The third-order valence-corrected chi connectivity index (χ3v) is 5.64. The van der Waals surface area contributed by atoms with E-state index in [9.17, 15) is 19.6 Å². The van der Waals surface area contributed by atoms with Gasteiger partial charge in [0, 0.05) is 24.6 Å². The number of halogens is 1. The van der Waals surface area contributed by atoms with Crippen molar-refractivity contribution in [1.29, 1.82) is 5.26 Å². The molecule has 1 aliphatic rings. The van der Waals surface area contributed by atoms with Crippen LogP contribution >= 0.6 is 0 Å². The van der Waals surface area contributed by atoms with Gasteiger partial charge in [-0.25, -0.2) is 19.3 Å². The van der Waals surface area contributed by atoms with Crippen LogP contribution in [0.2, 0.25) is 0 Å². The average Bonchev–Trinajstić information content (AvgIpc) is 2.91. The molecule has 37 heavy (non-hydrogen) atoms. The quantitative estimate of drug-likeness (QED) is 0.466. The second-order valence-electron chi connectivity index (χ2n) is 8.32. The molecule has 3 atom stereocenters. The summed E-state index contributed by atoms with van der Waals surface area (Å²) in [5.41, 5.74) is 1.40. The molecule has 3 aromatic rings. The number of carbonyl (C=O) groups excluding carboxylic acids is 1. The molecule has 1 saturated heterocycles. The molecule has 0 bridgehead atoms. The Balaban J connectivity index is 1.46. The number of nitrogens with zero attached hydrogens (tertiary/aromatic N) is 6. The SMILES string of the molecule is CCOc1ccc(Nc2ncnc(-c3ccc(O[C@H]4CCN(C(=O)[C@H](C)O)C[C@@H]4F)c(C#N)c3)n2)cn1. The Morgan fingerprint density at radius 1 is 1.32 bits per heavy atom. The highest BCUT2D eigenvalue weighted by Crippen LogP contribution is 2.28. The third-order valence-electron chi connectivity index (χ3n) is 5.64. The molecule has 0 radical (unpaired) electrons. The summed E-state index contributed by atoms with van der Waals surface area (Å²) in [4.78, 5) is 30.1. The topological polar surface area (TPSA) is 146 Å². The van der Waals surface area contributed by atoms with Gasteiger partial charge in [-0.05, 0) is 38.1 Å². The number of piperidine rings is 1. The largest absolute Gasteiger partial charge is 0.486 e. The number of likely N-dealkylation sites (tertiary alicyclic amines) is 1. The van der Waals surface area contributed by atoms with E-state index < -0.39 is 24.3 Å². The molecule has 0 saturated carbocycles. The average molecular weight is 508 g/mol. The summed E-state index contributed by atoms with van der Waals surface area (Å²) >= 11 is 0. The number of hydrogen-bond donors (Lipinski definition) is 2. The predicted octanol–water partition coefficient (Wildman–Crippen LogP) is 2.65. The van der Waals surface area contributed by atoms with Crippen LogP contribution in [0, 0.1) is 11.3 Å². The molecule has 3 heterocycles. The van der Waals surface area contributed by atoms with Crippen LogP contribution < -0.4 is 14.8 Å². The van der Waals surface area contributed by atoms with Crippen molar-refractivity contribution in [2.75, 3.05) is 25.0 Å². The van der Waals surface area contributed by atoms with Gasteiger partial charge in [-0.3, -0.25) is 4.79 Å². The molecule has 192 valence electrons. The van der Waals surface area contributed by atoms with Gasteiger partial charge in [0.15, 0.2) is 12.0 Å².